The molecule has 0 saturated heterocycles. The number of nitrogens with zero attached hydrogens (tertiary/aromatic N) is 2. The van der Waals surface area contributed by atoms with Gasteiger partial charge in [-0.15, -0.1) is 0 Å². The molecule has 0 radical (unpaired) electrons. The van der Waals surface area contributed by atoms with E-state index in [0.717, 1.165) is 0 Å². The summed E-state index contributed by atoms with van der Waals surface area (Å²) in [4.78, 5) is 10.1. The molecule has 0 unspecified atom stereocenters. The van der Waals surface area contributed by atoms with Crippen LogP contribution in [0, 0.1) is 10.1 Å². The third-order valence-corrected chi connectivity index (χ3v) is 2.68. The van der Waals surface area contributed by atoms with Crippen LogP contribution in [0.15, 0.2) is 36.7 Å². The van der Waals surface area contributed by atoms with E-state index < -0.39 is 4.92 Å². The molecule has 0 amide bonds. The van der Waals surface area contributed by atoms with Crippen molar-refractivity contribution < 1.29 is 4.92 Å². The number of nitro benzene ring substituents is 1. The molecule has 2 rings (SSSR count). The van der Waals surface area contributed by atoms with E-state index in [1.165, 1.54) is 12.1 Å². The zero-order valence-corrected chi connectivity index (χ0v) is 9.94. The topological polar surface area (TPSA) is 60.1 Å². The standard InChI is InChI=1S/C10H7Cl2N3O2/c11-8-5-7(15(16)17)6-9(12)10(8)13-14-3-1-2-4-14/h1-6,13H. The number of anilines is 1. The Morgan fingerprint density at radius 2 is 1.71 bits per heavy atom. The molecule has 5 nitrogen and oxygen atoms in total. The lowest BCUT2D eigenvalue weighted by Crippen LogP contribution is -2.07. The van der Waals surface area contributed by atoms with Gasteiger partial charge in [0.1, 0.15) is 0 Å². The number of hydrogen-bond donors (Lipinski definition) is 1. The fourth-order valence-electron chi connectivity index (χ4n) is 1.31. The van der Waals surface area contributed by atoms with Gasteiger partial charge < -0.3 is 0 Å². The quantitative estimate of drug-likeness (QED) is 0.686. The SMILES string of the molecule is O=[N+]([O-])c1cc(Cl)c(Nn2cccc2)c(Cl)c1. The Morgan fingerprint density at radius 3 is 2.18 bits per heavy atom. The number of aromatic nitrogens is 1. The highest BCUT2D eigenvalue weighted by Crippen LogP contribution is 2.34. The van der Waals surface area contributed by atoms with Gasteiger partial charge in [0.05, 0.1) is 20.7 Å². The second-order valence-electron chi connectivity index (χ2n) is 3.24. The van der Waals surface area contributed by atoms with Crippen LogP contribution in [0.25, 0.3) is 0 Å². The summed E-state index contributed by atoms with van der Waals surface area (Å²) >= 11 is 11.9. The van der Waals surface area contributed by atoms with Gasteiger partial charge in [-0.3, -0.25) is 20.2 Å². The predicted molar refractivity (Wildman–Crippen MR) is 66.6 cm³/mol. The molecule has 2 aromatic rings. The second kappa shape index (κ2) is 4.65. The molecule has 0 bridgehead atoms. The summed E-state index contributed by atoms with van der Waals surface area (Å²) in [6.45, 7) is 0. The van der Waals surface area contributed by atoms with Crippen LogP contribution >= 0.6 is 23.2 Å². The minimum absolute atomic E-state index is 0.141. The van der Waals surface area contributed by atoms with E-state index >= 15 is 0 Å². The van der Waals surface area contributed by atoms with Crippen LogP contribution in [-0.4, -0.2) is 9.60 Å². The summed E-state index contributed by atoms with van der Waals surface area (Å²) in [7, 11) is 0. The zero-order chi connectivity index (χ0) is 12.4. The van der Waals surface area contributed by atoms with Crippen LogP contribution in [0.5, 0.6) is 0 Å². The van der Waals surface area contributed by atoms with Crippen molar-refractivity contribution in [2.75, 3.05) is 5.43 Å². The molecule has 17 heavy (non-hydrogen) atoms. The average Bonchev–Trinajstić information content (AvgIpc) is 2.75. The van der Waals surface area contributed by atoms with Gasteiger partial charge in [0.2, 0.25) is 0 Å². The molecule has 0 atom stereocenters. The first kappa shape index (κ1) is 11.8. The summed E-state index contributed by atoms with van der Waals surface area (Å²) in [5, 5.41) is 11.0. The maximum absolute atomic E-state index is 10.6. The summed E-state index contributed by atoms with van der Waals surface area (Å²) in [6.07, 6.45) is 3.52. The van der Waals surface area contributed by atoms with Gasteiger partial charge in [0.25, 0.3) is 5.69 Å². The van der Waals surface area contributed by atoms with Crippen LogP contribution in [0.1, 0.15) is 0 Å². The van der Waals surface area contributed by atoms with Crippen LogP contribution in [0.2, 0.25) is 10.0 Å². The molecule has 0 fully saturated rings. The smallest absolute Gasteiger partial charge is 0.272 e. The van der Waals surface area contributed by atoms with E-state index in [1.54, 1.807) is 17.1 Å². The van der Waals surface area contributed by atoms with Crippen molar-refractivity contribution in [1.29, 1.82) is 0 Å². The molecule has 1 N–H and O–H groups in total. The van der Waals surface area contributed by atoms with Gasteiger partial charge in [0, 0.05) is 24.5 Å². The number of rotatable bonds is 3. The van der Waals surface area contributed by atoms with Gasteiger partial charge in [-0.2, -0.15) is 0 Å². The van der Waals surface area contributed by atoms with E-state index in [2.05, 4.69) is 5.43 Å². The lowest BCUT2D eigenvalue weighted by atomic mass is 10.3. The Balaban J connectivity index is 2.38. The normalized spacial score (nSPS) is 10.2. The van der Waals surface area contributed by atoms with Crippen LogP contribution < -0.4 is 5.43 Å². The summed E-state index contributed by atoms with van der Waals surface area (Å²) in [6, 6.07) is 6.14. The molecule has 0 saturated carbocycles. The van der Waals surface area contributed by atoms with E-state index in [4.69, 9.17) is 23.2 Å². The molecule has 1 aromatic heterocycles. The number of benzene rings is 1. The van der Waals surface area contributed by atoms with Crippen LogP contribution in [-0.2, 0) is 0 Å². The van der Waals surface area contributed by atoms with Crippen molar-refractivity contribution in [3.05, 3.63) is 56.8 Å². The zero-order valence-electron chi connectivity index (χ0n) is 8.43. The Hall–Kier alpha value is -1.72. The fraction of sp³-hybridized carbons (Fsp3) is 0. The number of nitrogens with one attached hydrogen (secondary N) is 1. The first-order valence-electron chi connectivity index (χ1n) is 4.61. The van der Waals surface area contributed by atoms with Crippen molar-refractivity contribution in [2.45, 2.75) is 0 Å². The lowest BCUT2D eigenvalue weighted by molar-refractivity contribution is -0.384. The second-order valence-corrected chi connectivity index (χ2v) is 4.06. The highest BCUT2D eigenvalue weighted by atomic mass is 35.5. The maximum Gasteiger partial charge on any atom is 0.272 e. The summed E-state index contributed by atoms with van der Waals surface area (Å²) in [5.41, 5.74) is 3.20. The number of nitro groups is 1. The Kier molecular flexibility index (Phi) is 3.21. The van der Waals surface area contributed by atoms with Crippen molar-refractivity contribution in [1.82, 2.24) is 4.68 Å². The van der Waals surface area contributed by atoms with Gasteiger partial charge in [-0.25, -0.2) is 0 Å². The summed E-state index contributed by atoms with van der Waals surface area (Å²) in [5.74, 6) is 0. The third-order valence-electron chi connectivity index (χ3n) is 2.08. The maximum atomic E-state index is 10.6. The van der Waals surface area contributed by atoms with Crippen molar-refractivity contribution >= 4 is 34.6 Å². The Bertz CT molecular complexity index is 532. The first-order chi connectivity index (χ1) is 8.08. The first-order valence-corrected chi connectivity index (χ1v) is 5.37. The molecule has 0 spiro atoms. The van der Waals surface area contributed by atoms with E-state index in [1.807, 2.05) is 12.1 Å². The number of hydrogen-bond acceptors (Lipinski definition) is 3. The molecule has 0 aliphatic heterocycles. The molecule has 88 valence electrons. The highest BCUT2D eigenvalue weighted by molar-refractivity contribution is 6.39. The van der Waals surface area contributed by atoms with Gasteiger partial charge >= 0.3 is 0 Å². The van der Waals surface area contributed by atoms with E-state index in [-0.39, 0.29) is 15.7 Å². The third kappa shape index (κ3) is 2.51. The largest absolute Gasteiger partial charge is 0.292 e. The van der Waals surface area contributed by atoms with Crippen molar-refractivity contribution in [2.24, 2.45) is 0 Å². The Labute approximate surface area is 107 Å². The van der Waals surface area contributed by atoms with Gasteiger partial charge in [-0.05, 0) is 12.1 Å². The number of non-ortho nitro benzene ring substituents is 1. The van der Waals surface area contributed by atoms with Gasteiger partial charge in [0.15, 0.2) is 0 Å². The Morgan fingerprint density at radius 1 is 1.18 bits per heavy atom. The van der Waals surface area contributed by atoms with E-state index in [9.17, 15) is 10.1 Å². The molecule has 7 heteroatoms. The van der Waals surface area contributed by atoms with Gasteiger partial charge in [-0.1, -0.05) is 23.2 Å². The highest BCUT2D eigenvalue weighted by Gasteiger charge is 2.14. The van der Waals surface area contributed by atoms with Crippen LogP contribution in [0.3, 0.4) is 0 Å². The molecular formula is C10H7Cl2N3O2. The predicted octanol–water partition coefficient (Wildman–Crippen LogP) is 3.58. The lowest BCUT2D eigenvalue weighted by Gasteiger charge is -2.10. The minimum Gasteiger partial charge on any atom is -0.292 e. The minimum atomic E-state index is -0.544. The fourth-order valence-corrected chi connectivity index (χ4v) is 1.87. The molecule has 1 aromatic carbocycles. The molecule has 1 heterocycles. The van der Waals surface area contributed by atoms with Crippen molar-refractivity contribution in [3.8, 4) is 0 Å². The molecule has 0 aliphatic rings. The summed E-state index contributed by atoms with van der Waals surface area (Å²) < 4.78 is 1.64. The monoisotopic (exact) mass is 271 g/mol. The average molecular weight is 272 g/mol. The number of halogens is 2. The van der Waals surface area contributed by atoms with E-state index in [0.29, 0.717) is 5.69 Å². The molecular weight excluding hydrogens is 265 g/mol. The van der Waals surface area contributed by atoms with Crippen LogP contribution in [0.4, 0.5) is 11.4 Å². The van der Waals surface area contributed by atoms with Crippen molar-refractivity contribution in [3.63, 3.8) is 0 Å². The molecule has 0 aliphatic carbocycles.